The molecule has 25 heavy (non-hydrogen) atoms. The highest BCUT2D eigenvalue weighted by atomic mass is 16.5. The summed E-state index contributed by atoms with van der Waals surface area (Å²) in [6, 6.07) is 10.2. The van der Waals surface area contributed by atoms with Crippen LogP contribution in [0.3, 0.4) is 0 Å². The molecule has 0 saturated carbocycles. The number of β-amino-alcohol motifs (C(OH)–C–C–N with tert-alkyl or cyclic N) is 1. The van der Waals surface area contributed by atoms with Crippen LogP contribution in [0.15, 0.2) is 43.0 Å². The molecule has 2 saturated heterocycles. The number of likely N-dealkylation sites (tertiary alicyclic amines) is 1. The first-order valence-electron chi connectivity index (χ1n) is 8.63. The van der Waals surface area contributed by atoms with Gasteiger partial charge in [0.05, 0.1) is 19.7 Å². The van der Waals surface area contributed by atoms with Crippen LogP contribution in [0.1, 0.15) is 24.3 Å². The number of hydrogen-bond donors (Lipinski definition) is 1. The Morgan fingerprint density at radius 3 is 2.96 bits per heavy atom. The van der Waals surface area contributed by atoms with Crippen LogP contribution in [0, 0.1) is 0 Å². The van der Waals surface area contributed by atoms with E-state index in [1.807, 2.05) is 18.2 Å². The monoisotopic (exact) mass is 342 g/mol. The van der Waals surface area contributed by atoms with Gasteiger partial charge < -0.3 is 14.7 Å². The summed E-state index contributed by atoms with van der Waals surface area (Å²) >= 11 is 0. The molecule has 2 aliphatic heterocycles. The number of carbonyl (C=O) groups is 1. The third kappa shape index (κ3) is 3.17. The Kier molecular flexibility index (Phi) is 4.27. The molecule has 1 aromatic heterocycles. The normalized spacial score (nSPS) is 28.8. The third-order valence-electron chi connectivity index (χ3n) is 5.27. The summed E-state index contributed by atoms with van der Waals surface area (Å²) < 4.78 is 7.68. The fourth-order valence-corrected chi connectivity index (χ4v) is 3.86. The maximum Gasteiger partial charge on any atom is 0.224 e. The van der Waals surface area contributed by atoms with E-state index in [1.165, 1.54) is 11.9 Å². The second-order valence-electron chi connectivity index (χ2n) is 6.89. The van der Waals surface area contributed by atoms with Gasteiger partial charge in [-0.25, -0.2) is 4.98 Å². The van der Waals surface area contributed by atoms with Gasteiger partial charge >= 0.3 is 0 Å². The Morgan fingerprint density at radius 1 is 1.36 bits per heavy atom. The lowest BCUT2D eigenvalue weighted by atomic mass is 9.87. The van der Waals surface area contributed by atoms with Crippen molar-refractivity contribution in [2.24, 2.45) is 0 Å². The van der Waals surface area contributed by atoms with Crippen molar-refractivity contribution >= 4 is 5.91 Å². The molecule has 4 rings (SSSR count). The fraction of sp³-hybridized carbons (Fsp3) is 0.500. The number of aromatic nitrogens is 3. The summed E-state index contributed by atoms with van der Waals surface area (Å²) in [5.41, 5.74) is 0.589. The number of aliphatic hydroxyl groups is 1. The van der Waals surface area contributed by atoms with Crippen molar-refractivity contribution in [1.82, 2.24) is 19.7 Å². The lowest BCUT2D eigenvalue weighted by Gasteiger charge is -2.26. The Labute approximate surface area is 146 Å². The number of amides is 1. The lowest BCUT2D eigenvalue weighted by molar-refractivity contribution is -0.131. The Hall–Kier alpha value is -2.25. The molecule has 1 aromatic carbocycles. The second kappa shape index (κ2) is 6.57. The molecular weight excluding hydrogens is 320 g/mol. The Balaban J connectivity index is 1.38. The molecule has 2 aromatic rings. The van der Waals surface area contributed by atoms with Gasteiger partial charge in [-0.2, -0.15) is 5.10 Å². The number of hydrogen-bond acceptors (Lipinski definition) is 5. The van der Waals surface area contributed by atoms with Crippen molar-refractivity contribution in [3.05, 3.63) is 48.5 Å². The largest absolute Gasteiger partial charge is 0.388 e. The van der Waals surface area contributed by atoms with Crippen LogP contribution >= 0.6 is 0 Å². The number of aryl methyl sites for hydroxylation is 1. The number of ether oxygens (including phenoxy) is 1. The van der Waals surface area contributed by atoms with Gasteiger partial charge in [-0.05, 0) is 12.0 Å². The van der Waals surface area contributed by atoms with Gasteiger partial charge in [-0.1, -0.05) is 30.3 Å². The van der Waals surface area contributed by atoms with Crippen molar-refractivity contribution in [3.63, 3.8) is 0 Å². The number of carbonyl (C=O) groups excluding carboxylic acids is 1. The van der Waals surface area contributed by atoms with Gasteiger partial charge in [0, 0.05) is 18.9 Å². The third-order valence-corrected chi connectivity index (χ3v) is 5.27. The minimum atomic E-state index is -0.642. The topological polar surface area (TPSA) is 80.5 Å². The van der Waals surface area contributed by atoms with E-state index in [0.29, 0.717) is 32.7 Å². The van der Waals surface area contributed by atoms with Gasteiger partial charge in [0.2, 0.25) is 5.91 Å². The second-order valence-corrected chi connectivity index (χ2v) is 6.89. The minimum Gasteiger partial charge on any atom is -0.388 e. The van der Waals surface area contributed by atoms with Crippen molar-refractivity contribution < 1.29 is 14.6 Å². The van der Waals surface area contributed by atoms with Crippen LogP contribution in [-0.4, -0.2) is 62.1 Å². The number of benzene rings is 1. The Bertz CT molecular complexity index is 721. The standard InChI is InChI=1S/C18H22N4O3/c23-16-9-21(17(24)6-7-22-13-19-12-20-22)11-18(16)8-15(10-25-18)14-4-2-1-3-5-14/h1-5,12-13,15-16,23H,6-11H2/t15-,16-,18-/m1/s1. The summed E-state index contributed by atoms with van der Waals surface area (Å²) in [5.74, 6) is 0.277. The molecule has 1 amide bonds. The first kappa shape index (κ1) is 16.2. The molecule has 3 heterocycles. The average Bonchev–Trinajstić information content (AvgIpc) is 3.36. The minimum absolute atomic E-state index is 0.0122. The first-order chi connectivity index (χ1) is 12.2. The van der Waals surface area contributed by atoms with Crippen LogP contribution in [0.4, 0.5) is 0 Å². The molecule has 7 heteroatoms. The highest BCUT2D eigenvalue weighted by Crippen LogP contribution is 2.42. The molecule has 0 unspecified atom stereocenters. The molecule has 7 nitrogen and oxygen atoms in total. The maximum atomic E-state index is 12.5. The SMILES string of the molecule is O=C(CCn1cncn1)N1C[C@@H](O)[C@@]2(C[C@@H](c3ccccc3)CO2)C1. The van der Waals surface area contributed by atoms with Gasteiger partial charge in [0.1, 0.15) is 24.4 Å². The predicted molar refractivity (Wildman–Crippen MR) is 89.7 cm³/mol. The van der Waals surface area contributed by atoms with Gasteiger partial charge in [0.15, 0.2) is 0 Å². The van der Waals surface area contributed by atoms with Crippen molar-refractivity contribution in [2.75, 3.05) is 19.7 Å². The maximum absolute atomic E-state index is 12.5. The van der Waals surface area contributed by atoms with E-state index in [9.17, 15) is 9.90 Å². The predicted octanol–water partition coefficient (Wildman–Crippen LogP) is 0.814. The Morgan fingerprint density at radius 2 is 2.20 bits per heavy atom. The number of aliphatic hydroxyl groups excluding tert-OH is 1. The van der Waals surface area contributed by atoms with Gasteiger partial charge in [0.25, 0.3) is 0 Å². The zero-order valence-electron chi connectivity index (χ0n) is 14.0. The zero-order chi connectivity index (χ0) is 17.3. The quantitative estimate of drug-likeness (QED) is 0.889. The molecule has 0 aliphatic carbocycles. The van der Waals surface area contributed by atoms with Crippen LogP contribution in [0.25, 0.3) is 0 Å². The smallest absolute Gasteiger partial charge is 0.224 e. The molecule has 132 valence electrons. The van der Waals surface area contributed by atoms with E-state index in [0.717, 1.165) is 6.42 Å². The molecule has 3 atom stereocenters. The molecule has 1 N–H and O–H groups in total. The average molecular weight is 342 g/mol. The molecule has 0 radical (unpaired) electrons. The summed E-state index contributed by atoms with van der Waals surface area (Å²) in [4.78, 5) is 18.1. The van der Waals surface area contributed by atoms with E-state index < -0.39 is 11.7 Å². The van der Waals surface area contributed by atoms with Crippen molar-refractivity contribution in [2.45, 2.75) is 37.0 Å². The highest BCUT2D eigenvalue weighted by molar-refractivity contribution is 5.76. The molecule has 0 bridgehead atoms. The molecular formula is C18H22N4O3. The van der Waals surface area contributed by atoms with Gasteiger partial charge in [-0.15, -0.1) is 0 Å². The van der Waals surface area contributed by atoms with E-state index in [1.54, 1.807) is 15.9 Å². The van der Waals surface area contributed by atoms with Crippen LogP contribution in [0.5, 0.6) is 0 Å². The molecule has 1 spiro atoms. The van der Waals surface area contributed by atoms with Gasteiger partial charge in [-0.3, -0.25) is 9.48 Å². The summed E-state index contributed by atoms with van der Waals surface area (Å²) in [6.45, 7) is 1.86. The summed E-state index contributed by atoms with van der Waals surface area (Å²) in [6.07, 6.45) is 3.49. The van der Waals surface area contributed by atoms with Crippen molar-refractivity contribution in [1.29, 1.82) is 0 Å². The van der Waals surface area contributed by atoms with Crippen LogP contribution in [0.2, 0.25) is 0 Å². The van der Waals surface area contributed by atoms with Crippen molar-refractivity contribution in [3.8, 4) is 0 Å². The lowest BCUT2D eigenvalue weighted by Crippen LogP contribution is -2.41. The number of rotatable bonds is 4. The van der Waals surface area contributed by atoms with E-state index >= 15 is 0 Å². The molecule has 2 aliphatic rings. The highest BCUT2D eigenvalue weighted by Gasteiger charge is 2.53. The van der Waals surface area contributed by atoms with E-state index in [-0.39, 0.29) is 11.8 Å². The summed E-state index contributed by atoms with van der Waals surface area (Å²) in [7, 11) is 0. The first-order valence-corrected chi connectivity index (χ1v) is 8.63. The van der Waals surface area contributed by atoms with E-state index in [4.69, 9.17) is 4.74 Å². The van der Waals surface area contributed by atoms with Crippen LogP contribution in [-0.2, 0) is 16.1 Å². The summed E-state index contributed by atoms with van der Waals surface area (Å²) in [5, 5.41) is 14.6. The van der Waals surface area contributed by atoms with E-state index in [2.05, 4.69) is 22.2 Å². The van der Waals surface area contributed by atoms with Crippen LogP contribution < -0.4 is 0 Å². The molecule has 2 fully saturated rings. The number of nitrogens with zero attached hydrogens (tertiary/aromatic N) is 4. The fourth-order valence-electron chi connectivity index (χ4n) is 3.86. The zero-order valence-corrected chi connectivity index (χ0v) is 14.0.